The molecule has 2 aromatic rings. The van der Waals surface area contributed by atoms with Gasteiger partial charge >= 0.3 is 5.91 Å². The smallest absolute Gasteiger partial charge is 0.314 e. The number of hydrogen-bond donors (Lipinski definition) is 2. The Labute approximate surface area is 219 Å². The van der Waals surface area contributed by atoms with Gasteiger partial charge in [-0.25, -0.2) is 9.97 Å². The van der Waals surface area contributed by atoms with Gasteiger partial charge in [0.2, 0.25) is 5.82 Å². The van der Waals surface area contributed by atoms with E-state index in [1.54, 1.807) is 0 Å². The van der Waals surface area contributed by atoms with Crippen LogP contribution >= 0.6 is 0 Å². The summed E-state index contributed by atoms with van der Waals surface area (Å²) in [6.45, 7) is 17.3. The Bertz CT molecular complexity index is 1210. The van der Waals surface area contributed by atoms with E-state index in [4.69, 9.17) is 16.3 Å². The summed E-state index contributed by atoms with van der Waals surface area (Å²) in [5.74, 6) is -0.00916. The quantitative estimate of drug-likeness (QED) is 0.586. The number of hydrogen-bond acceptors (Lipinski definition) is 6. The number of H-pyrrole nitrogens is 1. The van der Waals surface area contributed by atoms with Crippen LogP contribution in [0, 0.1) is 12.0 Å². The zero-order valence-electron chi connectivity index (χ0n) is 22.1. The van der Waals surface area contributed by atoms with Gasteiger partial charge in [0.15, 0.2) is 0 Å². The minimum atomic E-state index is -0.373. The highest BCUT2D eigenvalue weighted by molar-refractivity contribution is 6.03. The second kappa shape index (κ2) is 10.4. The number of likely N-dealkylation sites (N-methyl/N-ethyl adjacent to an activating group) is 1. The highest BCUT2D eigenvalue weighted by atomic mass is 16.5. The number of aromatic amines is 1. The average Bonchev–Trinajstić information content (AvgIpc) is 3.40. The first-order valence-electron chi connectivity index (χ1n) is 13.3. The van der Waals surface area contributed by atoms with Gasteiger partial charge < -0.3 is 19.8 Å². The van der Waals surface area contributed by atoms with Crippen molar-refractivity contribution in [3.05, 3.63) is 53.0 Å². The lowest BCUT2D eigenvalue weighted by molar-refractivity contribution is -0.0506. The lowest BCUT2D eigenvalue weighted by Crippen LogP contribution is -2.57. The van der Waals surface area contributed by atoms with Crippen LogP contribution < -0.4 is 5.32 Å². The first-order chi connectivity index (χ1) is 17.8. The van der Waals surface area contributed by atoms with Gasteiger partial charge in [0.25, 0.3) is 5.82 Å². The third-order valence-electron chi connectivity index (χ3n) is 8.22. The molecule has 196 valence electrons. The van der Waals surface area contributed by atoms with Crippen molar-refractivity contribution in [3.63, 3.8) is 0 Å². The van der Waals surface area contributed by atoms with E-state index in [9.17, 15) is 4.79 Å². The number of anilines is 1. The molecule has 2 aliphatic heterocycles. The molecule has 0 unspecified atom stereocenters. The first kappa shape index (κ1) is 25.6. The van der Waals surface area contributed by atoms with Crippen LogP contribution in [-0.2, 0) is 10.3 Å². The number of carbonyl (C=O) groups is 1. The topological polar surface area (TPSA) is 90.7 Å². The summed E-state index contributed by atoms with van der Waals surface area (Å²) in [6, 6.07) is 4.09. The van der Waals surface area contributed by atoms with Crippen molar-refractivity contribution < 1.29 is 9.53 Å². The van der Waals surface area contributed by atoms with Crippen molar-refractivity contribution in [2.24, 2.45) is 5.41 Å². The molecule has 3 aliphatic rings. The molecule has 0 aromatic carbocycles. The molecule has 0 atom stereocenters. The number of carbonyl (C=O) groups excluding carboxylic acids is 1. The van der Waals surface area contributed by atoms with Gasteiger partial charge in [-0.1, -0.05) is 26.5 Å². The van der Waals surface area contributed by atoms with Gasteiger partial charge in [0.05, 0.1) is 28.8 Å². The van der Waals surface area contributed by atoms with Gasteiger partial charge in [-0.3, -0.25) is 14.7 Å². The molecule has 9 heteroatoms. The molecule has 37 heavy (non-hydrogen) atoms. The lowest BCUT2D eigenvalue weighted by Gasteiger charge is -2.49. The number of nitrogens with one attached hydrogen (secondary N) is 2. The zero-order chi connectivity index (χ0) is 26.0. The molecule has 2 N–H and O–H groups in total. The number of imidazole rings is 1. The number of amides is 1. The van der Waals surface area contributed by atoms with Crippen LogP contribution in [0.3, 0.4) is 0 Å². The van der Waals surface area contributed by atoms with Gasteiger partial charge in [-0.15, -0.1) is 0 Å². The molecule has 5 rings (SSSR count). The predicted octanol–water partition coefficient (Wildman–Crippen LogP) is 4.45. The van der Waals surface area contributed by atoms with Crippen LogP contribution in [0.1, 0.15) is 68.0 Å². The Kier molecular flexibility index (Phi) is 7.17. The maximum atomic E-state index is 13.0. The van der Waals surface area contributed by atoms with Crippen molar-refractivity contribution in [2.45, 2.75) is 51.5 Å². The number of rotatable bonds is 5. The Morgan fingerprint density at radius 2 is 1.92 bits per heavy atom. The first-order valence-corrected chi connectivity index (χ1v) is 13.3. The zero-order valence-corrected chi connectivity index (χ0v) is 22.1. The fourth-order valence-electron chi connectivity index (χ4n) is 5.70. The standard InChI is InChI=1S/C28H37N7O2/c1-27(2)9-7-20(8-10-27)24-21(31-26(36)25-30-19-23(29-3)33-25)5-6-22(32-24)28(11-17-37-18-12-28)35-15-13-34(4)14-16-35/h5-7,19H,8-18H2,1-2,4H3,(H,30,33)(H,31,36). The van der Waals surface area contributed by atoms with Crippen molar-refractivity contribution in [2.75, 3.05) is 51.8 Å². The van der Waals surface area contributed by atoms with Crippen molar-refractivity contribution in [1.82, 2.24) is 24.8 Å². The average molecular weight is 504 g/mol. The van der Waals surface area contributed by atoms with Gasteiger partial charge in [-0.2, -0.15) is 0 Å². The number of aromatic nitrogens is 3. The molecule has 0 bridgehead atoms. The Morgan fingerprint density at radius 1 is 1.16 bits per heavy atom. The predicted molar refractivity (Wildman–Crippen MR) is 143 cm³/mol. The number of pyridine rings is 1. The molecule has 4 heterocycles. The minimum Gasteiger partial charge on any atom is -0.381 e. The molecule has 1 amide bonds. The second-order valence-corrected chi connectivity index (χ2v) is 11.3. The van der Waals surface area contributed by atoms with E-state index in [2.05, 4.69) is 63.0 Å². The van der Waals surface area contributed by atoms with Crippen LogP contribution in [0.2, 0.25) is 0 Å². The SMILES string of the molecule is [C-]#[N+]c1cnc(C(=O)Nc2ccc(C3(N4CCN(C)CC4)CCOCC3)nc2C2=CCC(C)(C)CC2)[nH]1. The van der Waals surface area contributed by atoms with Crippen molar-refractivity contribution in [1.29, 1.82) is 0 Å². The van der Waals surface area contributed by atoms with Crippen LogP contribution in [0.5, 0.6) is 0 Å². The molecule has 0 radical (unpaired) electrons. The largest absolute Gasteiger partial charge is 0.381 e. The fourth-order valence-corrected chi connectivity index (χ4v) is 5.70. The summed E-state index contributed by atoms with van der Waals surface area (Å²) in [7, 11) is 2.18. The Hall–Kier alpha value is -3.06. The Balaban J connectivity index is 1.53. The molecule has 0 spiro atoms. The summed E-state index contributed by atoms with van der Waals surface area (Å²) in [6.07, 6.45) is 8.45. The highest BCUT2D eigenvalue weighted by Crippen LogP contribution is 2.42. The van der Waals surface area contributed by atoms with Crippen molar-refractivity contribution in [3.8, 4) is 0 Å². The van der Waals surface area contributed by atoms with E-state index >= 15 is 0 Å². The number of allylic oxidation sites excluding steroid dienone is 2. The lowest BCUT2D eigenvalue weighted by atomic mass is 9.77. The summed E-state index contributed by atoms with van der Waals surface area (Å²) in [5.41, 5.74) is 3.86. The summed E-state index contributed by atoms with van der Waals surface area (Å²) in [4.78, 5) is 33.5. The van der Waals surface area contributed by atoms with Crippen molar-refractivity contribution >= 4 is 23.0 Å². The third kappa shape index (κ3) is 5.33. The summed E-state index contributed by atoms with van der Waals surface area (Å²) < 4.78 is 5.80. The van der Waals surface area contributed by atoms with Crippen LogP contribution in [-0.4, -0.2) is 77.1 Å². The van der Waals surface area contributed by atoms with E-state index in [-0.39, 0.29) is 28.5 Å². The summed E-state index contributed by atoms with van der Waals surface area (Å²) in [5, 5.41) is 3.03. The molecular weight excluding hydrogens is 466 g/mol. The molecule has 2 aromatic heterocycles. The van der Waals surface area contributed by atoms with Crippen LogP contribution in [0.4, 0.5) is 11.5 Å². The maximum Gasteiger partial charge on any atom is 0.314 e. The minimum absolute atomic E-state index is 0.123. The number of piperazine rings is 1. The molecule has 1 aliphatic carbocycles. The van der Waals surface area contributed by atoms with Gasteiger partial charge in [0.1, 0.15) is 0 Å². The normalized spacial score (nSPS) is 22.2. The van der Waals surface area contributed by atoms with E-state index < -0.39 is 0 Å². The van der Waals surface area contributed by atoms with E-state index in [1.165, 1.54) is 11.8 Å². The van der Waals surface area contributed by atoms with E-state index in [0.717, 1.165) is 82.9 Å². The van der Waals surface area contributed by atoms with Crippen LogP contribution in [0.15, 0.2) is 24.4 Å². The number of ether oxygens (including phenoxy) is 1. The maximum absolute atomic E-state index is 13.0. The molecule has 9 nitrogen and oxygen atoms in total. The molecule has 0 saturated carbocycles. The van der Waals surface area contributed by atoms with Crippen LogP contribution in [0.25, 0.3) is 10.4 Å². The fraction of sp³-hybridized carbons (Fsp3) is 0.571. The Morgan fingerprint density at radius 3 is 2.57 bits per heavy atom. The second-order valence-electron chi connectivity index (χ2n) is 11.3. The van der Waals surface area contributed by atoms with Gasteiger partial charge in [0, 0.05) is 39.4 Å². The van der Waals surface area contributed by atoms with E-state index in [1.807, 2.05) is 6.07 Å². The highest BCUT2D eigenvalue weighted by Gasteiger charge is 2.42. The molecule has 2 fully saturated rings. The molecule has 2 saturated heterocycles. The summed E-state index contributed by atoms with van der Waals surface area (Å²) >= 11 is 0. The monoisotopic (exact) mass is 503 g/mol. The van der Waals surface area contributed by atoms with E-state index in [0.29, 0.717) is 5.69 Å². The molecular formula is C28H37N7O2. The van der Waals surface area contributed by atoms with Gasteiger partial charge in [-0.05, 0) is 62.3 Å². The number of nitrogens with zero attached hydrogens (tertiary/aromatic N) is 5. The third-order valence-corrected chi connectivity index (χ3v) is 8.22.